The Labute approximate surface area is 138 Å². The Kier molecular flexibility index (Phi) is 6.13. The molecule has 0 radical (unpaired) electrons. The molecule has 2 rings (SSSR count). The predicted molar refractivity (Wildman–Crippen MR) is 93.8 cm³/mol. The standard InChI is InChI=1S/C19H26O2S/c1-19(2,14-22-13-15-8-5-4-6-9-15)17-11-7-10-16(12-17)18(20)21-3/h4-6,8-9,12,16H,7,10-11,13-14H2,1-3H3. The van der Waals surface area contributed by atoms with Gasteiger partial charge in [0.2, 0.25) is 0 Å². The minimum absolute atomic E-state index is 0.0489. The molecule has 1 aromatic carbocycles. The molecule has 0 spiro atoms. The van der Waals surface area contributed by atoms with Crippen molar-refractivity contribution in [2.45, 2.75) is 38.9 Å². The van der Waals surface area contributed by atoms with E-state index in [1.807, 2.05) is 11.8 Å². The van der Waals surface area contributed by atoms with Gasteiger partial charge in [0.25, 0.3) is 0 Å². The lowest BCUT2D eigenvalue weighted by atomic mass is 9.77. The highest BCUT2D eigenvalue weighted by molar-refractivity contribution is 7.98. The Balaban J connectivity index is 1.94. The van der Waals surface area contributed by atoms with Crippen molar-refractivity contribution >= 4 is 17.7 Å². The summed E-state index contributed by atoms with van der Waals surface area (Å²) in [5.74, 6) is 1.97. The molecule has 0 saturated heterocycles. The van der Waals surface area contributed by atoms with Crippen molar-refractivity contribution in [1.82, 2.24) is 0 Å². The number of hydrogen-bond donors (Lipinski definition) is 0. The summed E-state index contributed by atoms with van der Waals surface area (Å²) in [6.45, 7) is 4.58. The van der Waals surface area contributed by atoms with E-state index in [0.29, 0.717) is 0 Å². The number of rotatable bonds is 6. The summed E-state index contributed by atoms with van der Waals surface area (Å²) in [5.41, 5.74) is 2.91. The zero-order chi connectivity index (χ0) is 16.0. The first-order valence-corrected chi connectivity index (χ1v) is 9.09. The Bertz CT molecular complexity index is 519. The molecule has 1 aromatic rings. The van der Waals surface area contributed by atoms with E-state index in [0.717, 1.165) is 30.8 Å². The lowest BCUT2D eigenvalue weighted by molar-refractivity contribution is -0.144. The first kappa shape index (κ1) is 17.1. The van der Waals surface area contributed by atoms with Crippen molar-refractivity contribution in [3.8, 4) is 0 Å². The molecule has 0 heterocycles. The second-order valence-corrected chi connectivity index (χ2v) is 7.56. The molecule has 0 aliphatic heterocycles. The lowest BCUT2D eigenvalue weighted by Gasteiger charge is -2.32. The molecule has 1 aliphatic carbocycles. The van der Waals surface area contributed by atoms with E-state index in [2.05, 4.69) is 50.3 Å². The quantitative estimate of drug-likeness (QED) is 0.554. The van der Waals surface area contributed by atoms with Crippen molar-refractivity contribution in [3.63, 3.8) is 0 Å². The average molecular weight is 318 g/mol. The molecule has 2 nitrogen and oxygen atoms in total. The Morgan fingerprint density at radius 1 is 1.32 bits per heavy atom. The van der Waals surface area contributed by atoms with Crippen LogP contribution in [-0.2, 0) is 15.3 Å². The zero-order valence-electron chi connectivity index (χ0n) is 13.8. The van der Waals surface area contributed by atoms with Crippen LogP contribution in [0.25, 0.3) is 0 Å². The maximum absolute atomic E-state index is 11.8. The van der Waals surface area contributed by atoms with Crippen molar-refractivity contribution in [2.75, 3.05) is 12.9 Å². The fraction of sp³-hybridized carbons (Fsp3) is 0.526. The summed E-state index contributed by atoms with van der Waals surface area (Å²) in [5, 5.41) is 0. The van der Waals surface area contributed by atoms with Crippen molar-refractivity contribution in [2.24, 2.45) is 11.3 Å². The number of benzene rings is 1. The highest BCUT2D eigenvalue weighted by atomic mass is 32.2. The van der Waals surface area contributed by atoms with Gasteiger partial charge in [-0.25, -0.2) is 0 Å². The number of methoxy groups -OCH3 is 1. The van der Waals surface area contributed by atoms with E-state index in [1.54, 1.807) is 0 Å². The number of ether oxygens (including phenoxy) is 1. The lowest BCUT2D eigenvalue weighted by Crippen LogP contribution is -2.25. The van der Waals surface area contributed by atoms with Gasteiger partial charge in [0.15, 0.2) is 0 Å². The van der Waals surface area contributed by atoms with Crippen LogP contribution < -0.4 is 0 Å². The molecule has 0 N–H and O–H groups in total. The first-order valence-electron chi connectivity index (χ1n) is 7.93. The molecule has 3 heteroatoms. The van der Waals surface area contributed by atoms with Gasteiger partial charge in [-0.3, -0.25) is 4.79 Å². The van der Waals surface area contributed by atoms with E-state index in [9.17, 15) is 4.79 Å². The van der Waals surface area contributed by atoms with E-state index in [4.69, 9.17) is 4.74 Å². The maximum atomic E-state index is 11.8. The molecule has 0 bridgehead atoms. The Morgan fingerprint density at radius 2 is 2.05 bits per heavy atom. The Hall–Kier alpha value is -1.22. The van der Waals surface area contributed by atoms with Gasteiger partial charge >= 0.3 is 5.97 Å². The van der Waals surface area contributed by atoms with Gasteiger partial charge in [0.05, 0.1) is 13.0 Å². The summed E-state index contributed by atoms with van der Waals surface area (Å²) in [6, 6.07) is 10.6. The van der Waals surface area contributed by atoms with Crippen LogP contribution in [0.4, 0.5) is 0 Å². The highest BCUT2D eigenvalue weighted by Gasteiger charge is 2.29. The minimum Gasteiger partial charge on any atom is -0.469 e. The van der Waals surface area contributed by atoms with Gasteiger partial charge in [-0.05, 0) is 30.2 Å². The molecule has 0 fully saturated rings. The van der Waals surface area contributed by atoms with Crippen LogP contribution in [-0.4, -0.2) is 18.8 Å². The van der Waals surface area contributed by atoms with Gasteiger partial charge in [-0.15, -0.1) is 0 Å². The first-order chi connectivity index (χ1) is 10.5. The maximum Gasteiger partial charge on any atom is 0.312 e. The third-order valence-corrected chi connectivity index (χ3v) is 5.77. The molecule has 1 atom stereocenters. The molecule has 120 valence electrons. The fourth-order valence-corrected chi connectivity index (χ4v) is 4.14. The third-order valence-electron chi connectivity index (χ3n) is 4.31. The molecule has 22 heavy (non-hydrogen) atoms. The van der Waals surface area contributed by atoms with Crippen LogP contribution in [0, 0.1) is 11.3 Å². The number of carbonyl (C=O) groups excluding carboxylic acids is 1. The fourth-order valence-electron chi connectivity index (χ4n) is 2.91. The average Bonchev–Trinajstić information content (AvgIpc) is 2.55. The van der Waals surface area contributed by atoms with Crippen molar-refractivity contribution < 1.29 is 9.53 Å². The molecule has 1 aliphatic rings. The number of allylic oxidation sites excluding steroid dienone is 1. The highest BCUT2D eigenvalue weighted by Crippen LogP contribution is 2.38. The monoisotopic (exact) mass is 318 g/mol. The van der Waals surface area contributed by atoms with E-state index < -0.39 is 0 Å². The molecular weight excluding hydrogens is 292 g/mol. The smallest absolute Gasteiger partial charge is 0.312 e. The van der Waals surface area contributed by atoms with Crippen LogP contribution in [0.5, 0.6) is 0 Å². The second kappa shape index (κ2) is 7.87. The molecular formula is C19H26O2S. The van der Waals surface area contributed by atoms with Gasteiger partial charge in [-0.1, -0.05) is 55.8 Å². The number of thioether (sulfide) groups is 1. The van der Waals surface area contributed by atoms with Crippen LogP contribution in [0.15, 0.2) is 42.0 Å². The second-order valence-electron chi connectivity index (χ2n) is 6.58. The van der Waals surface area contributed by atoms with Crippen LogP contribution in [0.1, 0.15) is 38.7 Å². The number of esters is 1. The summed E-state index contributed by atoms with van der Waals surface area (Å²) >= 11 is 1.97. The van der Waals surface area contributed by atoms with Gasteiger partial charge < -0.3 is 4.74 Å². The largest absolute Gasteiger partial charge is 0.469 e. The molecule has 0 amide bonds. The number of hydrogen-bond acceptors (Lipinski definition) is 3. The molecule has 0 saturated carbocycles. The minimum atomic E-state index is -0.0926. The number of carbonyl (C=O) groups is 1. The van der Waals surface area contributed by atoms with E-state index in [-0.39, 0.29) is 17.3 Å². The summed E-state index contributed by atoms with van der Waals surface area (Å²) < 4.78 is 4.90. The summed E-state index contributed by atoms with van der Waals surface area (Å²) in [6.07, 6.45) is 5.27. The van der Waals surface area contributed by atoms with Gasteiger partial charge in [0, 0.05) is 11.5 Å². The van der Waals surface area contributed by atoms with Crippen LogP contribution in [0.2, 0.25) is 0 Å². The molecule has 0 aromatic heterocycles. The zero-order valence-corrected chi connectivity index (χ0v) is 14.6. The van der Waals surface area contributed by atoms with Crippen LogP contribution in [0.3, 0.4) is 0 Å². The topological polar surface area (TPSA) is 26.3 Å². The molecule has 1 unspecified atom stereocenters. The van der Waals surface area contributed by atoms with Crippen LogP contribution >= 0.6 is 11.8 Å². The van der Waals surface area contributed by atoms with Gasteiger partial charge in [-0.2, -0.15) is 11.8 Å². The van der Waals surface area contributed by atoms with Crippen molar-refractivity contribution in [3.05, 3.63) is 47.5 Å². The SMILES string of the molecule is COC(=O)C1C=C(C(C)(C)CSCc2ccccc2)CCC1. The predicted octanol–water partition coefficient (Wildman–Crippen LogP) is 4.85. The van der Waals surface area contributed by atoms with E-state index in [1.165, 1.54) is 18.2 Å². The summed E-state index contributed by atoms with van der Waals surface area (Å²) in [4.78, 5) is 11.8. The summed E-state index contributed by atoms with van der Waals surface area (Å²) in [7, 11) is 1.48. The third kappa shape index (κ3) is 4.64. The van der Waals surface area contributed by atoms with E-state index >= 15 is 0 Å². The Morgan fingerprint density at radius 3 is 2.73 bits per heavy atom. The van der Waals surface area contributed by atoms with Crippen molar-refractivity contribution in [1.29, 1.82) is 0 Å². The normalized spacial score (nSPS) is 18.7. The van der Waals surface area contributed by atoms with Gasteiger partial charge in [0.1, 0.15) is 0 Å².